The van der Waals surface area contributed by atoms with E-state index in [1.165, 1.54) is 18.0 Å². The molecular weight excluding hydrogens is 377 g/mol. The van der Waals surface area contributed by atoms with Crippen molar-refractivity contribution < 1.29 is 9.59 Å². The summed E-state index contributed by atoms with van der Waals surface area (Å²) in [6, 6.07) is 7.57. The fraction of sp³-hybridized carbons (Fsp3) is 0.294. The van der Waals surface area contributed by atoms with Crippen molar-refractivity contribution in [3.05, 3.63) is 59.2 Å². The van der Waals surface area contributed by atoms with Crippen LogP contribution in [0.15, 0.2) is 36.7 Å². The Morgan fingerprint density at radius 1 is 1.00 bits per heavy atom. The molecular formula is C17H23Cl2N5O2. The maximum absolute atomic E-state index is 12.2. The standard InChI is InChI=1S/C17H21N5O2.2ClH/c1-10(2)11-3-5-12(6-4-11)13(18)9-22-17(24)15-14(16(19)23)20-7-8-21-15;;/h3-8,10,13H,9,18H2,1-2H3,(H2,19,23)(H,22,24);2*1H. The third-order valence-corrected chi connectivity index (χ3v) is 3.66. The minimum atomic E-state index is -0.804. The molecule has 0 bridgehead atoms. The Balaban J connectivity index is 0.00000312. The number of halogens is 2. The van der Waals surface area contributed by atoms with Crippen LogP contribution in [0.3, 0.4) is 0 Å². The SMILES string of the molecule is CC(C)c1ccc(C(N)CNC(=O)c2nccnc2C(N)=O)cc1.Cl.Cl. The number of nitrogens with two attached hydrogens (primary N) is 2. The predicted molar refractivity (Wildman–Crippen MR) is 105 cm³/mol. The molecule has 0 saturated heterocycles. The minimum absolute atomic E-state index is 0. The van der Waals surface area contributed by atoms with Gasteiger partial charge >= 0.3 is 0 Å². The molecule has 1 aromatic heterocycles. The molecule has 0 spiro atoms. The van der Waals surface area contributed by atoms with Gasteiger partial charge in [-0.05, 0) is 17.0 Å². The number of benzene rings is 1. The molecule has 0 aliphatic carbocycles. The highest BCUT2D eigenvalue weighted by Gasteiger charge is 2.18. The number of rotatable bonds is 6. The lowest BCUT2D eigenvalue weighted by molar-refractivity contribution is 0.0926. The van der Waals surface area contributed by atoms with E-state index in [1.807, 2.05) is 24.3 Å². The number of carbonyl (C=O) groups excluding carboxylic acids is 2. The number of hydrogen-bond donors (Lipinski definition) is 3. The van der Waals surface area contributed by atoms with Crippen LogP contribution in [0.2, 0.25) is 0 Å². The van der Waals surface area contributed by atoms with Gasteiger partial charge in [-0.15, -0.1) is 24.8 Å². The van der Waals surface area contributed by atoms with E-state index in [0.717, 1.165) is 5.56 Å². The molecule has 26 heavy (non-hydrogen) atoms. The first-order valence-corrected chi connectivity index (χ1v) is 7.64. The van der Waals surface area contributed by atoms with Crippen LogP contribution in [0.25, 0.3) is 0 Å². The molecule has 0 saturated carbocycles. The van der Waals surface area contributed by atoms with Crippen LogP contribution in [-0.4, -0.2) is 28.3 Å². The molecule has 7 nitrogen and oxygen atoms in total. The number of carbonyl (C=O) groups is 2. The molecule has 0 fully saturated rings. The molecule has 0 aliphatic rings. The Kier molecular flexibility index (Phi) is 9.79. The zero-order valence-electron chi connectivity index (χ0n) is 14.5. The van der Waals surface area contributed by atoms with E-state index in [9.17, 15) is 9.59 Å². The summed E-state index contributed by atoms with van der Waals surface area (Å²) in [5, 5.41) is 2.66. The molecule has 0 aliphatic heterocycles. The van der Waals surface area contributed by atoms with Crippen molar-refractivity contribution in [2.75, 3.05) is 6.54 Å². The van der Waals surface area contributed by atoms with E-state index in [0.29, 0.717) is 5.92 Å². The minimum Gasteiger partial charge on any atom is -0.364 e. The molecule has 9 heteroatoms. The van der Waals surface area contributed by atoms with E-state index in [2.05, 4.69) is 29.1 Å². The predicted octanol–water partition coefficient (Wildman–Crippen LogP) is 1.97. The molecule has 2 rings (SSSR count). The molecule has 1 atom stereocenters. The van der Waals surface area contributed by atoms with Crippen LogP contribution >= 0.6 is 24.8 Å². The van der Waals surface area contributed by atoms with Crippen molar-refractivity contribution in [1.82, 2.24) is 15.3 Å². The number of hydrogen-bond acceptors (Lipinski definition) is 5. The molecule has 1 unspecified atom stereocenters. The second-order valence-electron chi connectivity index (χ2n) is 5.76. The Morgan fingerprint density at radius 2 is 1.50 bits per heavy atom. The smallest absolute Gasteiger partial charge is 0.272 e. The van der Waals surface area contributed by atoms with Crippen molar-refractivity contribution >= 4 is 36.6 Å². The van der Waals surface area contributed by atoms with Gasteiger partial charge in [0, 0.05) is 25.0 Å². The summed E-state index contributed by atoms with van der Waals surface area (Å²) in [7, 11) is 0. The van der Waals surface area contributed by atoms with Gasteiger partial charge in [-0.1, -0.05) is 38.1 Å². The lowest BCUT2D eigenvalue weighted by Gasteiger charge is -2.14. The number of amides is 2. The fourth-order valence-corrected chi connectivity index (χ4v) is 2.22. The highest BCUT2D eigenvalue weighted by Crippen LogP contribution is 2.17. The summed E-state index contributed by atoms with van der Waals surface area (Å²) in [6.07, 6.45) is 2.63. The zero-order chi connectivity index (χ0) is 17.7. The lowest BCUT2D eigenvalue weighted by atomic mass is 9.99. The van der Waals surface area contributed by atoms with E-state index in [4.69, 9.17) is 11.5 Å². The summed E-state index contributed by atoms with van der Waals surface area (Å²) < 4.78 is 0. The van der Waals surface area contributed by atoms with Crippen molar-refractivity contribution in [2.45, 2.75) is 25.8 Å². The normalized spacial score (nSPS) is 11.1. The molecule has 2 aromatic rings. The summed E-state index contributed by atoms with van der Waals surface area (Å²) in [6.45, 7) is 4.44. The van der Waals surface area contributed by atoms with Crippen LogP contribution in [0.1, 0.15) is 57.9 Å². The van der Waals surface area contributed by atoms with Gasteiger partial charge in [0.15, 0.2) is 11.4 Å². The summed E-state index contributed by atoms with van der Waals surface area (Å²) >= 11 is 0. The number of primary amides is 1. The maximum Gasteiger partial charge on any atom is 0.272 e. The first-order chi connectivity index (χ1) is 11.4. The quantitative estimate of drug-likeness (QED) is 0.684. The Bertz CT molecular complexity index is 738. The van der Waals surface area contributed by atoms with E-state index in [-0.39, 0.29) is 48.8 Å². The summed E-state index contributed by atoms with van der Waals surface area (Å²) in [5.41, 5.74) is 13.2. The first-order valence-electron chi connectivity index (χ1n) is 7.64. The van der Waals surface area contributed by atoms with Gasteiger partial charge in [0.2, 0.25) is 0 Å². The molecule has 142 valence electrons. The van der Waals surface area contributed by atoms with E-state index < -0.39 is 11.8 Å². The van der Waals surface area contributed by atoms with Gasteiger partial charge in [-0.3, -0.25) is 9.59 Å². The van der Waals surface area contributed by atoms with Crippen LogP contribution < -0.4 is 16.8 Å². The maximum atomic E-state index is 12.2. The fourth-order valence-electron chi connectivity index (χ4n) is 2.22. The van der Waals surface area contributed by atoms with E-state index >= 15 is 0 Å². The number of nitrogens with zero attached hydrogens (tertiary/aromatic N) is 2. The second kappa shape index (κ2) is 10.7. The topological polar surface area (TPSA) is 124 Å². The first kappa shape index (κ1) is 23.8. The Morgan fingerprint density at radius 3 is 2.00 bits per heavy atom. The molecule has 1 heterocycles. The van der Waals surface area contributed by atoms with E-state index in [1.54, 1.807) is 0 Å². The van der Waals surface area contributed by atoms with Crippen molar-refractivity contribution in [3.8, 4) is 0 Å². The molecule has 0 radical (unpaired) electrons. The second-order valence-corrected chi connectivity index (χ2v) is 5.76. The van der Waals surface area contributed by atoms with Crippen LogP contribution in [0.4, 0.5) is 0 Å². The monoisotopic (exact) mass is 399 g/mol. The van der Waals surface area contributed by atoms with Gasteiger partial charge in [-0.25, -0.2) is 9.97 Å². The van der Waals surface area contributed by atoms with Crippen LogP contribution in [-0.2, 0) is 0 Å². The summed E-state index contributed by atoms with van der Waals surface area (Å²) in [5.74, 6) is -0.896. The van der Waals surface area contributed by atoms with Gasteiger partial charge in [0.1, 0.15) is 0 Å². The average molecular weight is 400 g/mol. The summed E-state index contributed by atoms with van der Waals surface area (Å²) in [4.78, 5) is 31.1. The van der Waals surface area contributed by atoms with Crippen molar-refractivity contribution in [2.24, 2.45) is 11.5 Å². The highest BCUT2D eigenvalue weighted by molar-refractivity contribution is 6.03. The van der Waals surface area contributed by atoms with Crippen LogP contribution in [0.5, 0.6) is 0 Å². The molecule has 5 N–H and O–H groups in total. The molecule has 2 amide bonds. The number of aromatic nitrogens is 2. The van der Waals surface area contributed by atoms with Gasteiger partial charge < -0.3 is 16.8 Å². The zero-order valence-corrected chi connectivity index (χ0v) is 16.1. The van der Waals surface area contributed by atoms with Gasteiger partial charge in [0.05, 0.1) is 0 Å². The Labute approximate surface area is 164 Å². The van der Waals surface area contributed by atoms with Crippen molar-refractivity contribution in [3.63, 3.8) is 0 Å². The lowest BCUT2D eigenvalue weighted by Crippen LogP contribution is -2.34. The number of nitrogens with one attached hydrogen (secondary N) is 1. The average Bonchev–Trinajstić information content (AvgIpc) is 2.59. The molecule has 1 aromatic carbocycles. The van der Waals surface area contributed by atoms with Gasteiger partial charge in [0.25, 0.3) is 11.8 Å². The van der Waals surface area contributed by atoms with Crippen molar-refractivity contribution in [1.29, 1.82) is 0 Å². The van der Waals surface area contributed by atoms with Gasteiger partial charge in [-0.2, -0.15) is 0 Å². The third kappa shape index (κ3) is 5.94. The van der Waals surface area contributed by atoms with Crippen LogP contribution in [0, 0.1) is 0 Å². The third-order valence-electron chi connectivity index (χ3n) is 3.66. The largest absolute Gasteiger partial charge is 0.364 e. The Hall–Kier alpha value is -2.22. The highest BCUT2D eigenvalue weighted by atomic mass is 35.5.